The molecule has 0 aliphatic carbocycles. The maximum absolute atomic E-state index is 12.3. The molecule has 1 aromatic rings. The zero-order valence-corrected chi connectivity index (χ0v) is 11.9. The maximum atomic E-state index is 12.3. The number of hydrogen-bond donors (Lipinski definition) is 0. The van der Waals surface area contributed by atoms with Gasteiger partial charge in [0.05, 0.1) is 18.8 Å². The molecule has 1 saturated heterocycles. The normalized spacial score (nSPS) is 23.2. The Morgan fingerprint density at radius 1 is 1.26 bits per heavy atom. The van der Waals surface area contributed by atoms with Crippen molar-refractivity contribution in [2.45, 2.75) is 26.1 Å². The number of para-hydroxylation sites is 1. The Kier molecular flexibility index (Phi) is 4.43. The van der Waals surface area contributed by atoms with Crippen LogP contribution < -0.4 is 4.90 Å². The van der Waals surface area contributed by atoms with Gasteiger partial charge in [-0.15, -0.1) is 0 Å². The smallest absolute Gasteiger partial charge is 0.242 e. The zero-order chi connectivity index (χ0) is 13.8. The highest BCUT2D eigenvalue weighted by atomic mass is 16.5. The fourth-order valence-corrected chi connectivity index (χ4v) is 2.46. The highest BCUT2D eigenvalue weighted by molar-refractivity contribution is 5.81. The fourth-order valence-electron chi connectivity index (χ4n) is 2.46. The van der Waals surface area contributed by atoms with Gasteiger partial charge in [0.1, 0.15) is 0 Å². The molecule has 4 nitrogen and oxygen atoms in total. The standard InChI is InChI=1S/C15H22N2O2/c1-12-9-17(10-13(2)19-12)15(18)11-16(3)14-7-5-4-6-8-14/h4-8,12-13H,9-11H2,1-3H3. The highest BCUT2D eigenvalue weighted by Crippen LogP contribution is 2.14. The van der Waals surface area contributed by atoms with Gasteiger partial charge in [0.15, 0.2) is 0 Å². The second-order valence-corrected chi connectivity index (χ2v) is 5.25. The summed E-state index contributed by atoms with van der Waals surface area (Å²) in [4.78, 5) is 16.2. The van der Waals surface area contributed by atoms with E-state index >= 15 is 0 Å². The Bertz CT molecular complexity index is 411. The number of likely N-dealkylation sites (N-methyl/N-ethyl adjacent to an activating group) is 1. The van der Waals surface area contributed by atoms with Crippen LogP contribution in [0.25, 0.3) is 0 Å². The number of amides is 1. The van der Waals surface area contributed by atoms with Crippen LogP contribution >= 0.6 is 0 Å². The van der Waals surface area contributed by atoms with E-state index in [1.807, 2.05) is 61.0 Å². The van der Waals surface area contributed by atoms with Gasteiger partial charge >= 0.3 is 0 Å². The van der Waals surface area contributed by atoms with Gasteiger partial charge in [-0.25, -0.2) is 0 Å². The predicted molar refractivity (Wildman–Crippen MR) is 76.3 cm³/mol. The summed E-state index contributed by atoms with van der Waals surface area (Å²) in [6.45, 7) is 5.80. The second-order valence-electron chi connectivity index (χ2n) is 5.25. The molecule has 4 heteroatoms. The molecule has 0 N–H and O–H groups in total. The Balaban J connectivity index is 1.93. The van der Waals surface area contributed by atoms with Crippen LogP contribution in [0.1, 0.15) is 13.8 Å². The van der Waals surface area contributed by atoms with Crippen LogP contribution in [0.3, 0.4) is 0 Å². The van der Waals surface area contributed by atoms with Gasteiger partial charge in [-0.1, -0.05) is 18.2 Å². The van der Waals surface area contributed by atoms with Gasteiger partial charge in [0.25, 0.3) is 0 Å². The summed E-state index contributed by atoms with van der Waals surface area (Å²) in [6, 6.07) is 9.96. The van der Waals surface area contributed by atoms with E-state index in [9.17, 15) is 4.79 Å². The highest BCUT2D eigenvalue weighted by Gasteiger charge is 2.26. The predicted octanol–water partition coefficient (Wildman–Crippen LogP) is 1.76. The number of rotatable bonds is 3. The van der Waals surface area contributed by atoms with Crippen molar-refractivity contribution in [3.8, 4) is 0 Å². The molecular formula is C15H22N2O2. The average molecular weight is 262 g/mol. The van der Waals surface area contributed by atoms with Crippen molar-refractivity contribution in [3.05, 3.63) is 30.3 Å². The van der Waals surface area contributed by atoms with Gasteiger partial charge in [0.2, 0.25) is 5.91 Å². The van der Waals surface area contributed by atoms with E-state index in [2.05, 4.69) is 0 Å². The number of anilines is 1. The fraction of sp³-hybridized carbons (Fsp3) is 0.533. The Morgan fingerprint density at radius 3 is 2.42 bits per heavy atom. The summed E-state index contributed by atoms with van der Waals surface area (Å²) in [5.41, 5.74) is 1.06. The minimum absolute atomic E-state index is 0.120. The number of carbonyl (C=O) groups is 1. The third-order valence-corrected chi connectivity index (χ3v) is 3.34. The number of nitrogens with zero attached hydrogens (tertiary/aromatic N) is 2. The van der Waals surface area contributed by atoms with Crippen LogP contribution in [-0.4, -0.2) is 49.7 Å². The summed E-state index contributed by atoms with van der Waals surface area (Å²) < 4.78 is 5.65. The van der Waals surface area contributed by atoms with Crippen molar-refractivity contribution in [1.29, 1.82) is 0 Å². The Morgan fingerprint density at radius 2 is 1.84 bits per heavy atom. The Hall–Kier alpha value is -1.55. The van der Waals surface area contributed by atoms with Crippen molar-refractivity contribution in [1.82, 2.24) is 4.90 Å². The largest absolute Gasteiger partial charge is 0.372 e. The van der Waals surface area contributed by atoms with Crippen LogP contribution in [0.15, 0.2) is 30.3 Å². The molecule has 19 heavy (non-hydrogen) atoms. The average Bonchev–Trinajstić information content (AvgIpc) is 2.38. The summed E-state index contributed by atoms with van der Waals surface area (Å²) in [7, 11) is 1.94. The third kappa shape index (κ3) is 3.70. The van der Waals surface area contributed by atoms with Crippen LogP contribution in [-0.2, 0) is 9.53 Å². The van der Waals surface area contributed by atoms with E-state index in [1.165, 1.54) is 0 Å². The molecule has 0 radical (unpaired) electrons. The second kappa shape index (κ2) is 6.06. The first kappa shape index (κ1) is 13.9. The van der Waals surface area contributed by atoms with Crippen LogP contribution in [0.4, 0.5) is 5.69 Å². The lowest BCUT2D eigenvalue weighted by atomic mass is 10.2. The number of ether oxygens (including phenoxy) is 1. The molecule has 2 atom stereocenters. The number of hydrogen-bond acceptors (Lipinski definition) is 3. The van der Waals surface area contributed by atoms with Gasteiger partial charge < -0.3 is 14.5 Å². The SMILES string of the molecule is CC1CN(C(=O)CN(C)c2ccccc2)CC(C)O1. The molecule has 1 amide bonds. The first-order valence-corrected chi connectivity index (χ1v) is 6.75. The summed E-state index contributed by atoms with van der Waals surface area (Å²) >= 11 is 0. The molecule has 104 valence electrons. The quantitative estimate of drug-likeness (QED) is 0.832. The van der Waals surface area contributed by atoms with Crippen molar-refractivity contribution in [2.24, 2.45) is 0 Å². The molecule has 0 saturated carbocycles. The van der Waals surface area contributed by atoms with E-state index in [1.54, 1.807) is 0 Å². The van der Waals surface area contributed by atoms with Gasteiger partial charge in [-0.2, -0.15) is 0 Å². The minimum Gasteiger partial charge on any atom is -0.372 e. The van der Waals surface area contributed by atoms with E-state index in [4.69, 9.17) is 4.74 Å². The van der Waals surface area contributed by atoms with E-state index in [0.29, 0.717) is 19.6 Å². The molecule has 2 rings (SSSR count). The van der Waals surface area contributed by atoms with Crippen molar-refractivity contribution >= 4 is 11.6 Å². The van der Waals surface area contributed by atoms with E-state index in [-0.39, 0.29) is 18.1 Å². The van der Waals surface area contributed by atoms with Crippen molar-refractivity contribution < 1.29 is 9.53 Å². The lowest BCUT2D eigenvalue weighted by Crippen LogP contribution is -2.50. The molecule has 1 aliphatic rings. The summed E-state index contributed by atoms with van der Waals surface area (Å²) in [6.07, 6.45) is 0.240. The molecule has 1 fully saturated rings. The number of morpholine rings is 1. The minimum atomic E-state index is 0.120. The molecular weight excluding hydrogens is 240 g/mol. The third-order valence-electron chi connectivity index (χ3n) is 3.34. The first-order chi connectivity index (χ1) is 9.06. The molecule has 1 aromatic carbocycles. The maximum Gasteiger partial charge on any atom is 0.242 e. The van der Waals surface area contributed by atoms with Crippen LogP contribution in [0.5, 0.6) is 0 Å². The topological polar surface area (TPSA) is 32.8 Å². The summed E-state index contributed by atoms with van der Waals surface area (Å²) in [5, 5.41) is 0. The van der Waals surface area contributed by atoms with Gasteiger partial charge in [-0.05, 0) is 26.0 Å². The Labute approximate surface area is 115 Å². The molecule has 0 spiro atoms. The molecule has 0 bridgehead atoms. The number of benzene rings is 1. The lowest BCUT2D eigenvalue weighted by Gasteiger charge is -2.36. The molecule has 2 unspecified atom stereocenters. The molecule has 1 aliphatic heterocycles. The van der Waals surface area contributed by atoms with Crippen molar-refractivity contribution in [2.75, 3.05) is 31.6 Å². The van der Waals surface area contributed by atoms with Crippen LogP contribution in [0.2, 0.25) is 0 Å². The lowest BCUT2D eigenvalue weighted by molar-refractivity contribution is -0.141. The van der Waals surface area contributed by atoms with Gasteiger partial charge in [-0.3, -0.25) is 4.79 Å². The van der Waals surface area contributed by atoms with Gasteiger partial charge in [0, 0.05) is 25.8 Å². The zero-order valence-electron chi connectivity index (χ0n) is 11.9. The van der Waals surface area contributed by atoms with E-state index < -0.39 is 0 Å². The van der Waals surface area contributed by atoms with E-state index in [0.717, 1.165) is 5.69 Å². The molecule has 0 aromatic heterocycles. The monoisotopic (exact) mass is 262 g/mol. The van der Waals surface area contributed by atoms with Crippen molar-refractivity contribution in [3.63, 3.8) is 0 Å². The summed E-state index contributed by atoms with van der Waals surface area (Å²) in [5.74, 6) is 0.161. The molecule has 1 heterocycles. The number of carbonyl (C=O) groups excluding carboxylic acids is 1. The first-order valence-electron chi connectivity index (χ1n) is 6.75. The van der Waals surface area contributed by atoms with Crippen LogP contribution in [0, 0.1) is 0 Å².